The molecule has 7 rings (SSSR count). The number of rotatable bonds is 1. The molecule has 1 radical (unpaired) electrons. The van der Waals surface area contributed by atoms with Crippen molar-refractivity contribution in [1.29, 1.82) is 0 Å². The minimum Gasteiger partial charge on any atom is -0.304 e. The van der Waals surface area contributed by atoms with Gasteiger partial charge in [-0.1, -0.05) is 56.0 Å². The second-order valence-electron chi connectivity index (χ2n) is 9.61. The first-order valence-corrected chi connectivity index (χ1v) is 13.0. The number of hydrogen-bond donors (Lipinski definition) is 0. The average molecular weight is 675 g/mol. The van der Waals surface area contributed by atoms with Crippen LogP contribution in [0.4, 0.5) is 0 Å². The molecule has 0 saturated heterocycles. The number of thiophene rings is 1. The van der Waals surface area contributed by atoms with Crippen molar-refractivity contribution in [2.45, 2.75) is 34.6 Å². The fraction of sp³-hybridized carbons (Fsp3) is 0.152. The maximum absolute atomic E-state index is 4.62. The summed E-state index contributed by atoms with van der Waals surface area (Å²) in [6.07, 6.45) is 3.80. The van der Waals surface area contributed by atoms with Crippen molar-refractivity contribution in [3.8, 4) is 11.3 Å². The molecule has 0 bridgehead atoms. The van der Waals surface area contributed by atoms with Crippen LogP contribution in [0, 0.1) is 46.8 Å². The predicted molar refractivity (Wildman–Crippen MR) is 154 cm³/mol. The summed E-state index contributed by atoms with van der Waals surface area (Å²) in [6, 6.07) is 26.1. The van der Waals surface area contributed by atoms with Gasteiger partial charge < -0.3 is 9.97 Å². The van der Waals surface area contributed by atoms with Crippen LogP contribution >= 0.6 is 11.3 Å². The molecule has 0 spiro atoms. The van der Waals surface area contributed by atoms with Crippen LogP contribution in [0.3, 0.4) is 0 Å². The van der Waals surface area contributed by atoms with Gasteiger partial charge in [0.25, 0.3) is 0 Å². The van der Waals surface area contributed by atoms with Gasteiger partial charge in [0, 0.05) is 37.2 Å². The van der Waals surface area contributed by atoms with Crippen molar-refractivity contribution in [3.05, 3.63) is 107 Å². The standard InChI is InChI=1S/C18H10NS.C15H16N.Ir/c1-10-8-13-17-15(9-10)20-14-6-2-4-11(16(14)17)12-5-3-7-19-18(12)13;1-10-5-6-14(7-11(10)2)15-8-12(3)13(4)9-16-15;/h2-7,9H,1H3;5,7-9H,1-4H3;/q2*-1;. The van der Waals surface area contributed by atoms with Crippen LogP contribution in [0.25, 0.3) is 53.1 Å². The van der Waals surface area contributed by atoms with Crippen molar-refractivity contribution in [2.24, 2.45) is 0 Å². The van der Waals surface area contributed by atoms with Crippen molar-refractivity contribution >= 4 is 53.2 Å². The Labute approximate surface area is 235 Å². The first kappa shape index (κ1) is 25.5. The van der Waals surface area contributed by atoms with Crippen LogP contribution in [-0.2, 0) is 20.1 Å². The summed E-state index contributed by atoms with van der Waals surface area (Å²) in [7, 11) is 0. The van der Waals surface area contributed by atoms with Gasteiger partial charge in [0.05, 0.1) is 0 Å². The van der Waals surface area contributed by atoms with E-state index in [1.54, 1.807) is 0 Å². The molecule has 185 valence electrons. The molecule has 0 N–H and O–H groups in total. The molecule has 0 aliphatic carbocycles. The number of hydrogen-bond acceptors (Lipinski definition) is 3. The number of benzene rings is 4. The summed E-state index contributed by atoms with van der Waals surface area (Å²) in [5.41, 5.74) is 9.39. The van der Waals surface area contributed by atoms with Crippen molar-refractivity contribution in [1.82, 2.24) is 9.97 Å². The van der Waals surface area contributed by atoms with Gasteiger partial charge in [-0.25, -0.2) is 0 Å². The van der Waals surface area contributed by atoms with Crippen molar-refractivity contribution in [2.75, 3.05) is 0 Å². The zero-order valence-electron chi connectivity index (χ0n) is 21.5. The molecule has 3 heterocycles. The number of aromatic nitrogens is 2. The quantitative estimate of drug-likeness (QED) is 0.128. The molecule has 2 nitrogen and oxygen atoms in total. The second kappa shape index (κ2) is 9.95. The van der Waals surface area contributed by atoms with E-state index in [9.17, 15) is 0 Å². The van der Waals surface area contributed by atoms with Crippen LogP contribution in [0.15, 0.2) is 67.0 Å². The predicted octanol–water partition coefficient (Wildman–Crippen LogP) is 9.08. The van der Waals surface area contributed by atoms with E-state index in [-0.39, 0.29) is 20.1 Å². The molecule has 37 heavy (non-hydrogen) atoms. The molecule has 0 unspecified atom stereocenters. The van der Waals surface area contributed by atoms with Crippen LogP contribution in [0.2, 0.25) is 0 Å². The molecule has 0 atom stereocenters. The second-order valence-corrected chi connectivity index (χ2v) is 10.7. The average Bonchev–Trinajstić information content (AvgIpc) is 3.25. The summed E-state index contributed by atoms with van der Waals surface area (Å²) < 4.78 is 2.70. The molecule has 0 aliphatic rings. The molecular weight excluding hydrogens is 649 g/mol. The summed E-state index contributed by atoms with van der Waals surface area (Å²) >= 11 is 1.87. The van der Waals surface area contributed by atoms with E-state index in [0.717, 1.165) is 16.8 Å². The summed E-state index contributed by atoms with van der Waals surface area (Å²) in [5, 5.41) is 6.41. The Morgan fingerprint density at radius 1 is 0.730 bits per heavy atom. The third kappa shape index (κ3) is 4.44. The monoisotopic (exact) mass is 675 g/mol. The normalized spacial score (nSPS) is 11.2. The molecule has 0 saturated carbocycles. The smallest absolute Gasteiger partial charge is 0.0251 e. The van der Waals surface area contributed by atoms with E-state index in [4.69, 9.17) is 0 Å². The molecule has 0 amide bonds. The largest absolute Gasteiger partial charge is 0.304 e. The maximum Gasteiger partial charge on any atom is 0.0251 e. The number of fused-ring (bicyclic) bond motifs is 3. The fourth-order valence-electron chi connectivity index (χ4n) is 4.82. The zero-order chi connectivity index (χ0) is 25.0. The Bertz CT molecular complexity index is 1850. The maximum atomic E-state index is 4.62. The molecule has 4 aromatic carbocycles. The zero-order valence-corrected chi connectivity index (χ0v) is 24.7. The molecule has 3 aromatic heterocycles. The van der Waals surface area contributed by atoms with Gasteiger partial charge in [0.2, 0.25) is 0 Å². The van der Waals surface area contributed by atoms with Gasteiger partial charge in [-0.05, 0) is 63.6 Å². The first-order valence-electron chi connectivity index (χ1n) is 12.2. The van der Waals surface area contributed by atoms with Gasteiger partial charge in [-0.15, -0.1) is 58.0 Å². The molecule has 0 aliphatic heterocycles. The van der Waals surface area contributed by atoms with Crippen molar-refractivity contribution in [3.63, 3.8) is 0 Å². The first-order chi connectivity index (χ1) is 17.4. The van der Waals surface area contributed by atoms with E-state index < -0.39 is 0 Å². The third-order valence-corrected chi connectivity index (χ3v) is 8.17. The van der Waals surface area contributed by atoms with E-state index in [0.29, 0.717) is 0 Å². The Morgan fingerprint density at radius 3 is 2.30 bits per heavy atom. The van der Waals surface area contributed by atoms with E-state index in [1.807, 2.05) is 35.9 Å². The van der Waals surface area contributed by atoms with E-state index >= 15 is 0 Å². The van der Waals surface area contributed by atoms with Gasteiger partial charge in [-0.3, -0.25) is 0 Å². The minimum absolute atomic E-state index is 0. The van der Waals surface area contributed by atoms with Gasteiger partial charge >= 0.3 is 0 Å². The summed E-state index contributed by atoms with van der Waals surface area (Å²) in [6.45, 7) is 10.5. The molecule has 7 aromatic rings. The summed E-state index contributed by atoms with van der Waals surface area (Å²) in [4.78, 5) is 9.07. The number of aryl methyl sites for hydroxylation is 5. The van der Waals surface area contributed by atoms with Crippen LogP contribution in [-0.4, -0.2) is 9.97 Å². The van der Waals surface area contributed by atoms with E-state index in [1.165, 1.54) is 64.1 Å². The van der Waals surface area contributed by atoms with Gasteiger partial charge in [0.15, 0.2) is 0 Å². The van der Waals surface area contributed by atoms with Gasteiger partial charge in [0.1, 0.15) is 0 Å². The Balaban J connectivity index is 0.000000152. The topological polar surface area (TPSA) is 25.8 Å². The summed E-state index contributed by atoms with van der Waals surface area (Å²) in [5.74, 6) is 0. The van der Waals surface area contributed by atoms with Crippen LogP contribution in [0.5, 0.6) is 0 Å². The van der Waals surface area contributed by atoms with Crippen LogP contribution < -0.4 is 0 Å². The minimum atomic E-state index is 0. The van der Waals surface area contributed by atoms with Crippen LogP contribution in [0.1, 0.15) is 27.8 Å². The Kier molecular flexibility index (Phi) is 6.85. The third-order valence-electron chi connectivity index (χ3n) is 7.07. The Morgan fingerprint density at radius 2 is 1.51 bits per heavy atom. The fourth-order valence-corrected chi connectivity index (χ4v) is 6.06. The van der Waals surface area contributed by atoms with E-state index in [2.05, 4.69) is 99.2 Å². The molecule has 4 heteroatoms. The van der Waals surface area contributed by atoms with Crippen molar-refractivity contribution < 1.29 is 20.1 Å². The number of nitrogens with zero attached hydrogens (tertiary/aromatic N) is 2. The van der Waals surface area contributed by atoms with Gasteiger partial charge in [-0.2, -0.15) is 11.3 Å². The molecule has 0 fully saturated rings. The SMILES string of the molecule is Cc1[c-]c2c3ncccc3c3cccc4sc(c1)c2c43.Cc1c[c-]c(-c2cc(C)c(C)cn2)cc1C.[Ir]. The number of pyridine rings is 2. The molecular formula is C33H26IrN2S-2. The Hall–Kier alpha value is -3.17.